The number of halogens is 1. The Morgan fingerprint density at radius 3 is 2.52 bits per heavy atom. The highest BCUT2D eigenvalue weighted by Crippen LogP contribution is 2.36. The molecule has 1 saturated heterocycles. The minimum atomic E-state index is 0.0731. The molecule has 23 heavy (non-hydrogen) atoms. The summed E-state index contributed by atoms with van der Waals surface area (Å²) in [5.74, 6) is 0.360. The lowest BCUT2D eigenvalue weighted by atomic mass is 9.77. The third-order valence-corrected chi connectivity index (χ3v) is 5.15. The molecule has 1 amide bonds. The van der Waals surface area contributed by atoms with Crippen LogP contribution in [0.4, 0.5) is 5.69 Å². The standard InChI is InChI=1S/C19H19ClN2O/c20-15-5-3-6-16(13-15)21-8-10-22(11-9-21)19(23)18-12-14-4-1-2-7-17(14)18/h1-7,13,18H,8-12H2/t18-/m1/s1. The molecular formula is C19H19ClN2O. The third kappa shape index (κ3) is 2.70. The van der Waals surface area contributed by atoms with Crippen LogP contribution in [0.15, 0.2) is 48.5 Å². The van der Waals surface area contributed by atoms with Gasteiger partial charge in [0.05, 0.1) is 5.92 Å². The van der Waals surface area contributed by atoms with Crippen LogP contribution >= 0.6 is 11.6 Å². The van der Waals surface area contributed by atoms with Crippen molar-refractivity contribution in [3.63, 3.8) is 0 Å². The number of fused-ring (bicyclic) bond motifs is 1. The van der Waals surface area contributed by atoms with Crippen molar-refractivity contribution < 1.29 is 4.79 Å². The first-order valence-corrected chi connectivity index (χ1v) is 8.47. The number of carbonyl (C=O) groups is 1. The van der Waals surface area contributed by atoms with Gasteiger partial charge in [-0.1, -0.05) is 41.9 Å². The highest BCUT2D eigenvalue weighted by atomic mass is 35.5. The van der Waals surface area contributed by atoms with Gasteiger partial charge in [-0.05, 0) is 35.7 Å². The summed E-state index contributed by atoms with van der Waals surface area (Å²) in [4.78, 5) is 17.0. The highest BCUT2D eigenvalue weighted by molar-refractivity contribution is 6.30. The number of carbonyl (C=O) groups excluding carboxylic acids is 1. The lowest BCUT2D eigenvalue weighted by molar-refractivity contribution is -0.133. The van der Waals surface area contributed by atoms with E-state index >= 15 is 0 Å². The summed E-state index contributed by atoms with van der Waals surface area (Å²) in [5.41, 5.74) is 3.68. The molecule has 3 nitrogen and oxygen atoms in total. The molecule has 4 heteroatoms. The fourth-order valence-electron chi connectivity index (χ4n) is 3.56. The number of rotatable bonds is 2. The van der Waals surface area contributed by atoms with Gasteiger partial charge in [0.2, 0.25) is 5.91 Å². The predicted octanol–water partition coefficient (Wildman–Crippen LogP) is 3.33. The molecule has 0 saturated carbocycles. The fraction of sp³-hybridized carbons (Fsp3) is 0.316. The molecule has 0 bridgehead atoms. The minimum absolute atomic E-state index is 0.0731. The first-order valence-electron chi connectivity index (χ1n) is 8.09. The van der Waals surface area contributed by atoms with E-state index in [9.17, 15) is 4.79 Å². The van der Waals surface area contributed by atoms with Crippen LogP contribution in [0.2, 0.25) is 5.02 Å². The largest absolute Gasteiger partial charge is 0.368 e. The second-order valence-electron chi connectivity index (χ2n) is 6.25. The number of nitrogens with zero attached hydrogens (tertiary/aromatic N) is 2. The SMILES string of the molecule is O=C([C@@H]1Cc2ccccc21)N1CCN(c2cccc(Cl)c2)CC1. The molecule has 4 rings (SSSR count). The number of hydrogen-bond donors (Lipinski definition) is 0. The molecule has 1 aliphatic heterocycles. The van der Waals surface area contributed by atoms with Gasteiger partial charge in [-0.15, -0.1) is 0 Å². The highest BCUT2D eigenvalue weighted by Gasteiger charge is 2.35. The maximum Gasteiger partial charge on any atom is 0.230 e. The molecule has 1 aliphatic carbocycles. The molecule has 2 aromatic carbocycles. The average molecular weight is 327 g/mol. The second-order valence-corrected chi connectivity index (χ2v) is 6.68. The molecule has 1 fully saturated rings. The Morgan fingerprint density at radius 2 is 1.78 bits per heavy atom. The van der Waals surface area contributed by atoms with E-state index in [-0.39, 0.29) is 11.8 Å². The zero-order valence-electron chi connectivity index (χ0n) is 12.9. The number of anilines is 1. The van der Waals surface area contributed by atoms with Crippen LogP contribution in [0.5, 0.6) is 0 Å². The maximum absolute atomic E-state index is 12.7. The fourth-order valence-corrected chi connectivity index (χ4v) is 3.74. The lowest BCUT2D eigenvalue weighted by Gasteiger charge is -2.40. The van der Waals surface area contributed by atoms with E-state index in [2.05, 4.69) is 23.1 Å². The van der Waals surface area contributed by atoms with Gasteiger partial charge in [0, 0.05) is 36.9 Å². The number of amides is 1. The van der Waals surface area contributed by atoms with Crippen molar-refractivity contribution >= 4 is 23.2 Å². The van der Waals surface area contributed by atoms with Crippen molar-refractivity contribution in [1.29, 1.82) is 0 Å². The van der Waals surface area contributed by atoms with Crippen molar-refractivity contribution in [2.45, 2.75) is 12.3 Å². The maximum atomic E-state index is 12.7. The monoisotopic (exact) mass is 326 g/mol. The molecule has 1 heterocycles. The van der Waals surface area contributed by atoms with E-state index in [0.717, 1.165) is 43.3 Å². The summed E-state index contributed by atoms with van der Waals surface area (Å²) in [5, 5.41) is 0.757. The van der Waals surface area contributed by atoms with Gasteiger partial charge in [-0.2, -0.15) is 0 Å². The van der Waals surface area contributed by atoms with Crippen molar-refractivity contribution in [3.05, 3.63) is 64.7 Å². The van der Waals surface area contributed by atoms with Crippen molar-refractivity contribution in [2.75, 3.05) is 31.1 Å². The topological polar surface area (TPSA) is 23.6 Å². The van der Waals surface area contributed by atoms with Crippen LogP contribution in [-0.2, 0) is 11.2 Å². The Morgan fingerprint density at radius 1 is 1.00 bits per heavy atom. The van der Waals surface area contributed by atoms with Gasteiger partial charge < -0.3 is 9.80 Å². The van der Waals surface area contributed by atoms with Crippen LogP contribution in [0.1, 0.15) is 17.0 Å². The Balaban J connectivity index is 1.40. The Labute approximate surface area is 141 Å². The predicted molar refractivity (Wildman–Crippen MR) is 93.1 cm³/mol. The zero-order chi connectivity index (χ0) is 15.8. The van der Waals surface area contributed by atoms with Gasteiger partial charge in [-0.3, -0.25) is 4.79 Å². The van der Waals surface area contributed by atoms with E-state index in [4.69, 9.17) is 11.6 Å². The molecule has 0 unspecified atom stereocenters. The Bertz CT molecular complexity index is 738. The van der Waals surface area contributed by atoms with E-state index in [0.29, 0.717) is 0 Å². The van der Waals surface area contributed by atoms with Crippen LogP contribution in [0.25, 0.3) is 0 Å². The van der Waals surface area contributed by atoms with E-state index < -0.39 is 0 Å². The molecule has 0 spiro atoms. The summed E-state index contributed by atoms with van der Waals surface area (Å²) in [6.07, 6.45) is 0.892. The average Bonchev–Trinajstić information content (AvgIpc) is 2.56. The van der Waals surface area contributed by atoms with E-state index in [1.807, 2.05) is 35.2 Å². The number of piperazine rings is 1. The van der Waals surface area contributed by atoms with E-state index in [1.165, 1.54) is 11.1 Å². The Hall–Kier alpha value is -2.00. The summed E-state index contributed by atoms with van der Waals surface area (Å²) in [6.45, 7) is 3.29. The quantitative estimate of drug-likeness (QED) is 0.845. The lowest BCUT2D eigenvalue weighted by Crippen LogP contribution is -2.51. The summed E-state index contributed by atoms with van der Waals surface area (Å²) < 4.78 is 0. The van der Waals surface area contributed by atoms with Gasteiger partial charge in [0.25, 0.3) is 0 Å². The summed E-state index contributed by atoms with van der Waals surface area (Å²) >= 11 is 6.07. The minimum Gasteiger partial charge on any atom is -0.368 e. The van der Waals surface area contributed by atoms with Gasteiger partial charge >= 0.3 is 0 Å². The summed E-state index contributed by atoms with van der Waals surface area (Å²) in [7, 11) is 0. The zero-order valence-corrected chi connectivity index (χ0v) is 13.7. The molecular weight excluding hydrogens is 308 g/mol. The molecule has 0 aromatic heterocycles. The van der Waals surface area contributed by atoms with Gasteiger partial charge in [-0.25, -0.2) is 0 Å². The molecule has 2 aliphatic rings. The Kier molecular flexibility index (Phi) is 3.74. The van der Waals surface area contributed by atoms with Crippen LogP contribution in [0, 0.1) is 0 Å². The normalized spacial score (nSPS) is 20.0. The van der Waals surface area contributed by atoms with Crippen LogP contribution in [0.3, 0.4) is 0 Å². The van der Waals surface area contributed by atoms with Crippen LogP contribution in [-0.4, -0.2) is 37.0 Å². The third-order valence-electron chi connectivity index (χ3n) is 4.92. The second kappa shape index (κ2) is 5.89. The van der Waals surface area contributed by atoms with Gasteiger partial charge in [0.15, 0.2) is 0 Å². The first kappa shape index (κ1) is 14.6. The van der Waals surface area contributed by atoms with Crippen molar-refractivity contribution in [1.82, 2.24) is 4.90 Å². The molecule has 0 N–H and O–H groups in total. The molecule has 118 valence electrons. The van der Waals surface area contributed by atoms with Crippen molar-refractivity contribution in [2.24, 2.45) is 0 Å². The molecule has 1 atom stereocenters. The molecule has 0 radical (unpaired) electrons. The smallest absolute Gasteiger partial charge is 0.230 e. The molecule has 2 aromatic rings. The number of benzene rings is 2. The van der Waals surface area contributed by atoms with Crippen molar-refractivity contribution in [3.8, 4) is 0 Å². The summed E-state index contributed by atoms with van der Waals surface area (Å²) in [6, 6.07) is 16.2. The van der Waals surface area contributed by atoms with Gasteiger partial charge in [0.1, 0.15) is 0 Å². The number of hydrogen-bond acceptors (Lipinski definition) is 2. The first-order chi connectivity index (χ1) is 11.2. The van der Waals surface area contributed by atoms with Crippen LogP contribution < -0.4 is 4.90 Å². The van der Waals surface area contributed by atoms with E-state index in [1.54, 1.807) is 0 Å².